The summed E-state index contributed by atoms with van der Waals surface area (Å²) in [5.74, 6) is 2.07. The Labute approximate surface area is 152 Å². The molecule has 1 amide bonds. The Kier molecular flexibility index (Phi) is 6.35. The molecule has 1 aromatic carbocycles. The topological polar surface area (TPSA) is 32.8 Å². The minimum Gasteiger partial charge on any atom is -0.497 e. The first kappa shape index (κ1) is 18.2. The molecule has 1 aliphatic heterocycles. The van der Waals surface area contributed by atoms with Gasteiger partial charge in [-0.2, -0.15) is 0 Å². The summed E-state index contributed by atoms with van der Waals surface area (Å²) in [6.45, 7) is 6.23. The zero-order chi connectivity index (χ0) is 17.6. The van der Waals surface area contributed by atoms with E-state index >= 15 is 0 Å². The lowest BCUT2D eigenvalue weighted by atomic mass is 10.1. The summed E-state index contributed by atoms with van der Waals surface area (Å²) in [4.78, 5) is 17.3. The van der Waals surface area contributed by atoms with E-state index in [0.717, 1.165) is 36.6 Å². The third kappa shape index (κ3) is 5.21. The monoisotopic (exact) mass is 344 g/mol. The lowest BCUT2D eigenvalue weighted by Crippen LogP contribution is -2.38. The summed E-state index contributed by atoms with van der Waals surface area (Å²) < 4.78 is 5.30. The minimum absolute atomic E-state index is 0.299. The average Bonchev–Trinajstić information content (AvgIpc) is 3.45. The van der Waals surface area contributed by atoms with Crippen LogP contribution in [0.5, 0.6) is 5.75 Å². The number of hydrogen-bond donors (Lipinski definition) is 0. The Morgan fingerprint density at radius 2 is 2.08 bits per heavy atom. The van der Waals surface area contributed by atoms with E-state index in [4.69, 9.17) is 4.74 Å². The summed E-state index contributed by atoms with van der Waals surface area (Å²) in [5, 5.41) is 0. The molecule has 4 heteroatoms. The van der Waals surface area contributed by atoms with E-state index in [2.05, 4.69) is 17.9 Å². The van der Waals surface area contributed by atoms with Gasteiger partial charge in [0.15, 0.2) is 0 Å². The fraction of sp³-hybridized carbons (Fsp3) is 0.667. The van der Waals surface area contributed by atoms with Crippen molar-refractivity contribution in [2.24, 2.45) is 5.92 Å². The fourth-order valence-corrected chi connectivity index (χ4v) is 3.89. The molecule has 3 rings (SSSR count). The van der Waals surface area contributed by atoms with Crippen molar-refractivity contribution in [1.82, 2.24) is 9.80 Å². The van der Waals surface area contributed by atoms with Gasteiger partial charge in [0.1, 0.15) is 5.75 Å². The van der Waals surface area contributed by atoms with Gasteiger partial charge in [0.05, 0.1) is 7.11 Å². The Morgan fingerprint density at radius 3 is 2.80 bits per heavy atom. The first-order valence-electron chi connectivity index (χ1n) is 9.84. The highest BCUT2D eigenvalue weighted by Gasteiger charge is 2.30. The fourth-order valence-electron chi connectivity index (χ4n) is 3.89. The van der Waals surface area contributed by atoms with Gasteiger partial charge >= 0.3 is 0 Å². The van der Waals surface area contributed by atoms with E-state index < -0.39 is 0 Å². The Bertz CT molecular complexity index is 571. The summed E-state index contributed by atoms with van der Waals surface area (Å²) in [6, 6.07) is 8.63. The van der Waals surface area contributed by atoms with Gasteiger partial charge < -0.3 is 14.5 Å². The van der Waals surface area contributed by atoms with Crippen LogP contribution in [0.1, 0.15) is 51.0 Å². The molecule has 1 unspecified atom stereocenters. The number of ether oxygens (including phenoxy) is 1. The first-order chi connectivity index (χ1) is 12.2. The molecule has 1 saturated carbocycles. The van der Waals surface area contributed by atoms with Crippen molar-refractivity contribution in [3.63, 3.8) is 0 Å². The predicted molar refractivity (Wildman–Crippen MR) is 101 cm³/mol. The molecule has 4 nitrogen and oxygen atoms in total. The number of rotatable bonds is 8. The smallest absolute Gasteiger partial charge is 0.222 e. The number of hydrogen-bond acceptors (Lipinski definition) is 3. The molecule has 0 spiro atoms. The highest BCUT2D eigenvalue weighted by Crippen LogP contribution is 2.32. The highest BCUT2D eigenvalue weighted by atomic mass is 16.5. The molecule has 25 heavy (non-hydrogen) atoms. The van der Waals surface area contributed by atoms with Gasteiger partial charge in [0.2, 0.25) is 5.91 Å². The van der Waals surface area contributed by atoms with Gasteiger partial charge in [-0.05, 0) is 62.3 Å². The summed E-state index contributed by atoms with van der Waals surface area (Å²) in [6.07, 6.45) is 6.79. The van der Waals surface area contributed by atoms with Gasteiger partial charge in [-0.1, -0.05) is 19.1 Å². The second-order valence-electron chi connectivity index (χ2n) is 7.59. The van der Waals surface area contributed by atoms with Gasteiger partial charge in [0.25, 0.3) is 0 Å². The van der Waals surface area contributed by atoms with Gasteiger partial charge in [-0.25, -0.2) is 0 Å². The van der Waals surface area contributed by atoms with Crippen molar-refractivity contribution >= 4 is 5.91 Å². The Balaban J connectivity index is 1.60. The maximum absolute atomic E-state index is 12.6. The molecule has 1 saturated heterocycles. The molecular weight excluding hydrogens is 312 g/mol. The summed E-state index contributed by atoms with van der Waals surface area (Å²) in [5.41, 5.74) is 1.15. The quantitative estimate of drug-likeness (QED) is 0.721. The van der Waals surface area contributed by atoms with Crippen LogP contribution in [-0.2, 0) is 11.3 Å². The van der Waals surface area contributed by atoms with Crippen molar-refractivity contribution in [1.29, 1.82) is 0 Å². The van der Waals surface area contributed by atoms with Crippen molar-refractivity contribution in [2.45, 2.75) is 58.0 Å². The number of carbonyl (C=O) groups excluding carboxylic acids is 1. The second-order valence-corrected chi connectivity index (χ2v) is 7.59. The van der Waals surface area contributed by atoms with Crippen LogP contribution in [-0.4, -0.2) is 48.5 Å². The average molecular weight is 344 g/mol. The maximum Gasteiger partial charge on any atom is 0.222 e. The van der Waals surface area contributed by atoms with Crippen LogP contribution in [0.25, 0.3) is 0 Å². The molecule has 138 valence electrons. The van der Waals surface area contributed by atoms with Gasteiger partial charge in [0, 0.05) is 32.1 Å². The summed E-state index contributed by atoms with van der Waals surface area (Å²) >= 11 is 0. The van der Waals surface area contributed by atoms with E-state index in [1.165, 1.54) is 32.4 Å². The highest BCUT2D eigenvalue weighted by molar-refractivity contribution is 5.76. The van der Waals surface area contributed by atoms with Crippen molar-refractivity contribution in [3.8, 4) is 5.75 Å². The van der Waals surface area contributed by atoms with E-state index in [-0.39, 0.29) is 0 Å². The second kappa shape index (κ2) is 8.70. The van der Waals surface area contributed by atoms with E-state index in [9.17, 15) is 4.79 Å². The van der Waals surface area contributed by atoms with Crippen molar-refractivity contribution in [2.75, 3.05) is 26.7 Å². The molecular formula is C21H32N2O2. The number of carbonyl (C=O) groups is 1. The molecule has 1 heterocycles. The number of amides is 1. The maximum atomic E-state index is 12.6. The molecule has 2 aliphatic rings. The largest absolute Gasteiger partial charge is 0.497 e. The van der Waals surface area contributed by atoms with Crippen LogP contribution in [0.2, 0.25) is 0 Å². The van der Waals surface area contributed by atoms with Crippen LogP contribution in [0, 0.1) is 5.92 Å². The van der Waals surface area contributed by atoms with Gasteiger partial charge in [-0.3, -0.25) is 4.79 Å². The third-order valence-corrected chi connectivity index (χ3v) is 5.50. The SMILES string of the molecule is CCCN(CC1CC1)C1CCC(=O)N(Cc2cccc(OC)c2)CC1. The molecule has 0 aromatic heterocycles. The molecule has 0 N–H and O–H groups in total. The third-order valence-electron chi connectivity index (χ3n) is 5.50. The standard InChI is InChI=1S/C21H32N2O2/c1-3-12-22(15-17-7-8-17)19-9-10-21(24)23(13-11-19)16-18-5-4-6-20(14-18)25-2/h4-6,14,17,19H,3,7-13,15-16H2,1-2H3. The lowest BCUT2D eigenvalue weighted by molar-refractivity contribution is -0.131. The van der Waals surface area contributed by atoms with E-state index in [0.29, 0.717) is 24.9 Å². The first-order valence-corrected chi connectivity index (χ1v) is 9.84. The normalized spacial score (nSPS) is 21.5. The Hall–Kier alpha value is -1.55. The predicted octanol–water partition coefficient (Wildman–Crippen LogP) is 3.70. The lowest BCUT2D eigenvalue weighted by Gasteiger charge is -2.31. The van der Waals surface area contributed by atoms with Crippen LogP contribution >= 0.6 is 0 Å². The molecule has 0 bridgehead atoms. The molecule has 1 aromatic rings. The number of methoxy groups -OCH3 is 1. The van der Waals surface area contributed by atoms with E-state index in [1.54, 1.807) is 7.11 Å². The van der Waals surface area contributed by atoms with Crippen LogP contribution in [0.3, 0.4) is 0 Å². The van der Waals surface area contributed by atoms with Crippen molar-refractivity contribution in [3.05, 3.63) is 29.8 Å². The van der Waals surface area contributed by atoms with Crippen LogP contribution in [0.4, 0.5) is 0 Å². The Morgan fingerprint density at radius 1 is 1.24 bits per heavy atom. The zero-order valence-electron chi connectivity index (χ0n) is 15.7. The number of benzene rings is 1. The number of likely N-dealkylation sites (tertiary alicyclic amines) is 1. The summed E-state index contributed by atoms with van der Waals surface area (Å²) in [7, 11) is 1.68. The van der Waals surface area contributed by atoms with Crippen LogP contribution in [0.15, 0.2) is 24.3 Å². The molecule has 2 fully saturated rings. The molecule has 1 atom stereocenters. The van der Waals surface area contributed by atoms with Crippen molar-refractivity contribution < 1.29 is 9.53 Å². The minimum atomic E-state index is 0.299. The molecule has 0 radical (unpaired) electrons. The molecule has 1 aliphatic carbocycles. The van der Waals surface area contributed by atoms with Gasteiger partial charge in [-0.15, -0.1) is 0 Å². The van der Waals surface area contributed by atoms with E-state index in [1.807, 2.05) is 23.1 Å². The number of nitrogens with zero attached hydrogens (tertiary/aromatic N) is 2. The van der Waals surface area contributed by atoms with Crippen LogP contribution < -0.4 is 4.74 Å². The zero-order valence-corrected chi connectivity index (χ0v) is 15.7.